The Hall–Kier alpha value is -1.00. The average Bonchev–Trinajstić information content (AvgIpc) is 2.98. The second kappa shape index (κ2) is 4.02. The largest absolute Gasteiger partial charge is 0.468 e. The molecule has 74 valence electrons. The first-order chi connectivity index (χ1) is 6.81. The maximum Gasteiger partial charge on any atom is 0.325 e. The Labute approximate surface area is 87.2 Å². The summed E-state index contributed by atoms with van der Waals surface area (Å²) in [6, 6.07) is 9.95. The van der Waals surface area contributed by atoms with Gasteiger partial charge in [-0.15, -0.1) is 0 Å². The summed E-state index contributed by atoms with van der Waals surface area (Å²) in [5.74, 6) is -0.145. The molecule has 0 radical (unpaired) electrons. The number of carbonyl (C=O) groups is 1. The highest BCUT2D eigenvalue weighted by molar-refractivity contribution is 7.97. The molecule has 0 amide bonds. The number of benzene rings is 1. The third kappa shape index (κ3) is 2.08. The van der Waals surface area contributed by atoms with Crippen LogP contribution in [0.1, 0.15) is 0 Å². The van der Waals surface area contributed by atoms with E-state index in [0.29, 0.717) is 0 Å². The minimum atomic E-state index is -0.145. The van der Waals surface area contributed by atoms with Crippen LogP contribution < -0.4 is 0 Å². The van der Waals surface area contributed by atoms with Gasteiger partial charge in [-0.25, -0.2) is 4.31 Å². The zero-order chi connectivity index (χ0) is 9.97. The minimum Gasteiger partial charge on any atom is -0.468 e. The molecule has 0 N–H and O–H groups in total. The maximum atomic E-state index is 11.1. The van der Waals surface area contributed by atoms with Crippen LogP contribution in [0.5, 0.6) is 0 Å². The van der Waals surface area contributed by atoms with Crippen LogP contribution in [0.2, 0.25) is 0 Å². The smallest absolute Gasteiger partial charge is 0.325 e. The number of rotatable bonds is 3. The zero-order valence-electron chi connectivity index (χ0n) is 7.84. The van der Waals surface area contributed by atoms with E-state index in [0.717, 1.165) is 11.4 Å². The van der Waals surface area contributed by atoms with Gasteiger partial charge in [0.25, 0.3) is 0 Å². The fourth-order valence-electron chi connectivity index (χ4n) is 1.17. The molecular formula is C10H11NO2S. The number of hydrogen-bond donors (Lipinski definition) is 0. The first kappa shape index (κ1) is 9.55. The van der Waals surface area contributed by atoms with Crippen LogP contribution in [0.25, 0.3) is 0 Å². The fraction of sp³-hybridized carbons (Fsp3) is 0.300. The van der Waals surface area contributed by atoms with Crippen molar-refractivity contribution in [3.05, 3.63) is 30.3 Å². The van der Waals surface area contributed by atoms with Crippen molar-refractivity contribution in [3.8, 4) is 0 Å². The summed E-state index contributed by atoms with van der Waals surface area (Å²) in [5, 5.41) is 0. The lowest BCUT2D eigenvalue weighted by atomic mass is 10.4. The first-order valence-electron chi connectivity index (χ1n) is 4.39. The highest BCUT2D eigenvalue weighted by Gasteiger charge is 2.42. The van der Waals surface area contributed by atoms with Crippen molar-refractivity contribution in [1.82, 2.24) is 4.31 Å². The van der Waals surface area contributed by atoms with Gasteiger partial charge in [0.1, 0.15) is 6.04 Å². The molecule has 0 spiro atoms. The molecule has 0 aromatic heterocycles. The molecule has 0 bridgehead atoms. The van der Waals surface area contributed by atoms with E-state index in [1.807, 2.05) is 34.6 Å². The van der Waals surface area contributed by atoms with Gasteiger partial charge >= 0.3 is 5.97 Å². The van der Waals surface area contributed by atoms with Crippen molar-refractivity contribution in [3.63, 3.8) is 0 Å². The highest BCUT2D eigenvalue weighted by Crippen LogP contribution is 2.34. The maximum absolute atomic E-state index is 11.1. The average molecular weight is 209 g/mol. The standard InChI is InChI=1S/C10H11NO2S/c1-13-10(12)9-7-11(9)14-8-5-3-2-4-6-8/h2-6,9H,7H2,1H3. The van der Waals surface area contributed by atoms with E-state index in [4.69, 9.17) is 0 Å². The molecule has 1 fully saturated rings. The second-order valence-corrected chi connectivity index (χ2v) is 4.17. The molecule has 3 nitrogen and oxygen atoms in total. The Morgan fingerprint density at radius 2 is 2.21 bits per heavy atom. The van der Waals surface area contributed by atoms with Crippen molar-refractivity contribution in [1.29, 1.82) is 0 Å². The van der Waals surface area contributed by atoms with Crippen LogP contribution in [-0.2, 0) is 9.53 Å². The van der Waals surface area contributed by atoms with Crippen LogP contribution in [0, 0.1) is 0 Å². The number of methoxy groups -OCH3 is 1. The topological polar surface area (TPSA) is 29.3 Å². The summed E-state index contributed by atoms with van der Waals surface area (Å²) in [6.07, 6.45) is 0. The summed E-state index contributed by atoms with van der Waals surface area (Å²) in [7, 11) is 1.42. The van der Waals surface area contributed by atoms with Gasteiger partial charge in [0.15, 0.2) is 0 Å². The first-order valence-corrected chi connectivity index (χ1v) is 5.16. The zero-order valence-corrected chi connectivity index (χ0v) is 8.66. The molecule has 14 heavy (non-hydrogen) atoms. The van der Waals surface area contributed by atoms with Gasteiger partial charge in [-0.3, -0.25) is 4.79 Å². The van der Waals surface area contributed by atoms with E-state index < -0.39 is 0 Å². The van der Waals surface area contributed by atoms with E-state index in [9.17, 15) is 4.79 Å². The van der Waals surface area contributed by atoms with Crippen LogP contribution >= 0.6 is 11.9 Å². The number of ether oxygens (including phenoxy) is 1. The molecule has 0 saturated carbocycles. The summed E-state index contributed by atoms with van der Waals surface area (Å²) in [6.45, 7) is 0.784. The van der Waals surface area contributed by atoms with Gasteiger partial charge in [-0.2, -0.15) is 0 Å². The van der Waals surface area contributed by atoms with Crippen molar-refractivity contribution in [2.75, 3.05) is 13.7 Å². The summed E-state index contributed by atoms with van der Waals surface area (Å²) in [5.41, 5.74) is 0. The van der Waals surface area contributed by atoms with Crippen molar-refractivity contribution in [2.45, 2.75) is 10.9 Å². The third-order valence-corrected chi connectivity index (χ3v) is 3.13. The van der Waals surface area contributed by atoms with Crippen molar-refractivity contribution < 1.29 is 9.53 Å². The molecule has 1 aliphatic heterocycles. The summed E-state index contributed by atoms with van der Waals surface area (Å²) < 4.78 is 6.65. The number of esters is 1. The van der Waals surface area contributed by atoms with Gasteiger partial charge in [0, 0.05) is 11.4 Å². The minimum absolute atomic E-state index is 0.0507. The van der Waals surface area contributed by atoms with Crippen LogP contribution in [-0.4, -0.2) is 30.0 Å². The lowest BCUT2D eigenvalue weighted by molar-refractivity contribution is -0.140. The van der Waals surface area contributed by atoms with E-state index >= 15 is 0 Å². The lowest BCUT2D eigenvalue weighted by Gasteiger charge is -2.01. The predicted octanol–water partition coefficient (Wildman–Crippen LogP) is 1.55. The van der Waals surface area contributed by atoms with Gasteiger partial charge in [0.05, 0.1) is 7.11 Å². The number of hydrogen-bond acceptors (Lipinski definition) is 4. The molecule has 1 aromatic carbocycles. The summed E-state index contributed by atoms with van der Waals surface area (Å²) >= 11 is 1.59. The van der Waals surface area contributed by atoms with Gasteiger partial charge < -0.3 is 4.74 Å². The highest BCUT2D eigenvalue weighted by atomic mass is 32.2. The molecular weight excluding hydrogens is 198 g/mol. The fourth-order valence-corrected chi connectivity index (χ4v) is 2.15. The van der Waals surface area contributed by atoms with Gasteiger partial charge in [-0.05, 0) is 24.1 Å². The molecule has 2 rings (SSSR count). The van der Waals surface area contributed by atoms with E-state index in [2.05, 4.69) is 4.74 Å². The number of carbonyl (C=O) groups excluding carboxylic acids is 1. The van der Waals surface area contributed by atoms with Crippen LogP contribution in [0.4, 0.5) is 0 Å². The Kier molecular flexibility index (Phi) is 2.74. The predicted molar refractivity (Wildman–Crippen MR) is 54.8 cm³/mol. The quantitative estimate of drug-likeness (QED) is 0.429. The van der Waals surface area contributed by atoms with E-state index in [1.165, 1.54) is 7.11 Å². The monoisotopic (exact) mass is 209 g/mol. The van der Waals surface area contributed by atoms with Gasteiger partial charge in [-0.1, -0.05) is 18.2 Å². The Morgan fingerprint density at radius 3 is 2.86 bits per heavy atom. The molecule has 2 atom stereocenters. The Morgan fingerprint density at radius 1 is 1.50 bits per heavy atom. The van der Waals surface area contributed by atoms with E-state index in [1.54, 1.807) is 11.9 Å². The molecule has 1 aliphatic rings. The van der Waals surface area contributed by atoms with Crippen LogP contribution in [0.3, 0.4) is 0 Å². The normalized spacial score (nSPS) is 24.4. The van der Waals surface area contributed by atoms with Crippen molar-refractivity contribution in [2.24, 2.45) is 0 Å². The molecule has 2 unspecified atom stereocenters. The van der Waals surface area contributed by atoms with Crippen LogP contribution in [0.15, 0.2) is 35.2 Å². The lowest BCUT2D eigenvalue weighted by Crippen LogP contribution is -2.11. The molecule has 1 aromatic rings. The van der Waals surface area contributed by atoms with Gasteiger partial charge in [0.2, 0.25) is 0 Å². The third-order valence-electron chi connectivity index (χ3n) is 2.01. The molecule has 1 saturated heterocycles. The van der Waals surface area contributed by atoms with E-state index in [-0.39, 0.29) is 12.0 Å². The molecule has 4 heteroatoms. The summed E-state index contributed by atoms with van der Waals surface area (Å²) in [4.78, 5) is 12.2. The number of nitrogens with zero attached hydrogens (tertiary/aromatic N) is 1. The Balaban J connectivity index is 1.88. The SMILES string of the molecule is COC(=O)C1CN1Sc1ccccc1. The molecule has 1 heterocycles. The Bertz CT molecular complexity index is 328. The second-order valence-electron chi connectivity index (χ2n) is 3.04. The van der Waals surface area contributed by atoms with Crippen molar-refractivity contribution >= 4 is 17.9 Å². The molecule has 0 aliphatic carbocycles.